The molecule has 0 saturated heterocycles. The number of carbonyl (C=O) groups is 1. The number of hydrogen-bond donors (Lipinski definition) is 1. The minimum Gasteiger partial charge on any atom is -0.477 e. The Morgan fingerprint density at radius 3 is 2.84 bits per heavy atom. The number of pyridine rings is 1. The van der Waals surface area contributed by atoms with Crippen molar-refractivity contribution < 1.29 is 14.8 Å². The van der Waals surface area contributed by atoms with Crippen LogP contribution in [0.3, 0.4) is 0 Å². The molecule has 1 aromatic rings. The van der Waals surface area contributed by atoms with Gasteiger partial charge in [-0.25, -0.2) is 9.78 Å². The maximum atomic E-state index is 11.0. The van der Waals surface area contributed by atoms with Gasteiger partial charge in [-0.2, -0.15) is 11.8 Å². The van der Waals surface area contributed by atoms with Crippen molar-refractivity contribution in [3.8, 4) is 0 Å². The molecule has 7 nitrogen and oxygen atoms in total. The molecule has 0 saturated carbocycles. The van der Waals surface area contributed by atoms with E-state index in [-0.39, 0.29) is 5.56 Å². The summed E-state index contributed by atoms with van der Waals surface area (Å²) in [6, 6.07) is 1.24. The number of hydrogen-bond acceptors (Lipinski definition) is 6. The lowest BCUT2D eigenvalue weighted by Gasteiger charge is -2.17. The molecule has 0 aliphatic rings. The Balaban J connectivity index is 2.95. The molecule has 0 amide bonds. The Morgan fingerprint density at radius 1 is 1.63 bits per heavy atom. The number of rotatable bonds is 7. The monoisotopic (exact) mass is 285 g/mol. The lowest BCUT2D eigenvalue weighted by molar-refractivity contribution is -0.385. The van der Waals surface area contributed by atoms with E-state index in [0.717, 1.165) is 18.4 Å². The van der Waals surface area contributed by atoms with Gasteiger partial charge in [0, 0.05) is 19.7 Å². The van der Waals surface area contributed by atoms with Gasteiger partial charge in [0.05, 0.1) is 4.92 Å². The fourth-order valence-electron chi connectivity index (χ4n) is 1.52. The number of aromatic nitrogens is 1. The summed E-state index contributed by atoms with van der Waals surface area (Å²) in [5, 5.41) is 19.7. The number of carboxylic acids is 1. The number of nitro groups is 1. The van der Waals surface area contributed by atoms with Gasteiger partial charge in [-0.15, -0.1) is 0 Å². The van der Waals surface area contributed by atoms with E-state index >= 15 is 0 Å². The third-order valence-electron chi connectivity index (χ3n) is 2.53. The molecule has 0 fully saturated rings. The highest BCUT2D eigenvalue weighted by molar-refractivity contribution is 7.98. The first-order chi connectivity index (χ1) is 8.97. The Kier molecular flexibility index (Phi) is 5.56. The molecule has 1 aromatic heterocycles. The second-order valence-corrected chi connectivity index (χ2v) is 4.88. The van der Waals surface area contributed by atoms with E-state index in [1.165, 1.54) is 6.07 Å². The zero-order chi connectivity index (χ0) is 14.4. The maximum absolute atomic E-state index is 11.0. The summed E-state index contributed by atoms with van der Waals surface area (Å²) >= 11 is 1.72. The van der Waals surface area contributed by atoms with Gasteiger partial charge in [-0.3, -0.25) is 10.1 Å². The second-order valence-electron chi connectivity index (χ2n) is 3.89. The van der Waals surface area contributed by atoms with Gasteiger partial charge in [0.1, 0.15) is 17.6 Å². The Morgan fingerprint density at radius 2 is 2.32 bits per heavy atom. The van der Waals surface area contributed by atoms with Crippen LogP contribution in [0.2, 0.25) is 0 Å². The quantitative estimate of drug-likeness (QED) is 0.464. The summed E-state index contributed by atoms with van der Waals surface area (Å²) in [5.41, 5.74) is -0.833. The van der Waals surface area contributed by atoms with Crippen molar-refractivity contribution in [1.29, 1.82) is 0 Å². The molecule has 1 heterocycles. The Hall–Kier alpha value is -1.83. The molecular formula is C11H15N3O4S. The third kappa shape index (κ3) is 4.09. The van der Waals surface area contributed by atoms with Gasteiger partial charge in [-0.05, 0) is 18.4 Å². The highest BCUT2D eigenvalue weighted by Gasteiger charge is 2.21. The standard InChI is InChI=1S/C11H15N3O4S/c1-13(4-3-5-19-2)10-6-8(11(15)16)9(7-12-10)14(17)18/h6-7H,3-5H2,1-2H3,(H,15,16). The molecule has 0 bridgehead atoms. The van der Waals surface area contributed by atoms with Crippen molar-refractivity contribution in [3.63, 3.8) is 0 Å². The lowest BCUT2D eigenvalue weighted by Crippen LogP contribution is -2.21. The lowest BCUT2D eigenvalue weighted by atomic mass is 10.2. The van der Waals surface area contributed by atoms with Crippen LogP contribution in [0.25, 0.3) is 0 Å². The summed E-state index contributed by atoms with van der Waals surface area (Å²) in [4.78, 5) is 26.7. The largest absolute Gasteiger partial charge is 0.477 e. The van der Waals surface area contributed by atoms with Gasteiger partial charge < -0.3 is 10.0 Å². The zero-order valence-corrected chi connectivity index (χ0v) is 11.5. The van der Waals surface area contributed by atoms with E-state index in [1.807, 2.05) is 6.26 Å². The van der Waals surface area contributed by atoms with Crippen LogP contribution in [0.4, 0.5) is 11.5 Å². The van der Waals surface area contributed by atoms with Crippen molar-refractivity contribution in [2.75, 3.05) is 30.5 Å². The first-order valence-corrected chi connectivity index (χ1v) is 6.94. The minimum atomic E-state index is -1.33. The highest BCUT2D eigenvalue weighted by atomic mass is 32.2. The highest BCUT2D eigenvalue weighted by Crippen LogP contribution is 2.22. The summed E-state index contributed by atoms with van der Waals surface area (Å²) < 4.78 is 0. The predicted molar refractivity (Wildman–Crippen MR) is 74.1 cm³/mol. The first-order valence-electron chi connectivity index (χ1n) is 5.55. The van der Waals surface area contributed by atoms with E-state index in [4.69, 9.17) is 5.11 Å². The molecule has 8 heteroatoms. The zero-order valence-electron chi connectivity index (χ0n) is 10.7. The number of anilines is 1. The second kappa shape index (κ2) is 6.93. The fraction of sp³-hybridized carbons (Fsp3) is 0.455. The van der Waals surface area contributed by atoms with Gasteiger partial charge in [0.2, 0.25) is 0 Å². The molecule has 19 heavy (non-hydrogen) atoms. The number of carboxylic acid groups (broad SMARTS) is 1. The molecule has 0 aliphatic carbocycles. The Labute approximate surface area is 114 Å². The fourth-order valence-corrected chi connectivity index (χ4v) is 1.94. The smallest absolute Gasteiger partial charge is 0.342 e. The van der Waals surface area contributed by atoms with Gasteiger partial charge >= 0.3 is 11.7 Å². The molecule has 0 radical (unpaired) electrons. The van der Waals surface area contributed by atoms with Crippen molar-refractivity contribution in [2.45, 2.75) is 6.42 Å². The molecule has 0 aromatic carbocycles. The Bertz CT molecular complexity index is 481. The van der Waals surface area contributed by atoms with Crippen LogP contribution in [-0.4, -0.2) is 46.6 Å². The maximum Gasteiger partial charge on any atom is 0.342 e. The van der Waals surface area contributed by atoms with Crippen molar-refractivity contribution in [2.24, 2.45) is 0 Å². The number of nitrogens with zero attached hydrogens (tertiary/aromatic N) is 3. The van der Waals surface area contributed by atoms with Gasteiger partial charge in [0.25, 0.3) is 0 Å². The summed E-state index contributed by atoms with van der Waals surface area (Å²) in [7, 11) is 1.78. The average Bonchev–Trinajstić information content (AvgIpc) is 2.38. The third-order valence-corrected chi connectivity index (χ3v) is 3.23. The normalized spacial score (nSPS) is 10.2. The number of aromatic carboxylic acids is 1. The van der Waals surface area contributed by atoms with E-state index in [0.29, 0.717) is 12.4 Å². The summed E-state index contributed by atoms with van der Waals surface area (Å²) in [6.45, 7) is 0.713. The van der Waals surface area contributed by atoms with Crippen molar-refractivity contribution in [1.82, 2.24) is 4.98 Å². The SMILES string of the molecule is CSCCCN(C)c1cc(C(=O)O)c([N+](=O)[O-])cn1. The molecule has 0 aliphatic heterocycles. The van der Waals surface area contributed by atoms with E-state index in [1.54, 1.807) is 23.7 Å². The predicted octanol–water partition coefficient (Wildman–Crippen LogP) is 1.88. The van der Waals surface area contributed by atoms with Crippen LogP contribution < -0.4 is 4.90 Å². The van der Waals surface area contributed by atoms with Crippen LogP contribution >= 0.6 is 11.8 Å². The van der Waals surface area contributed by atoms with Crippen molar-refractivity contribution in [3.05, 3.63) is 27.9 Å². The van der Waals surface area contributed by atoms with Crippen LogP contribution in [-0.2, 0) is 0 Å². The summed E-state index contributed by atoms with van der Waals surface area (Å²) in [5.74, 6) is 0.0836. The molecule has 1 N–H and O–H groups in total. The van der Waals surface area contributed by atoms with E-state index in [2.05, 4.69) is 4.98 Å². The minimum absolute atomic E-state index is 0.341. The van der Waals surface area contributed by atoms with E-state index < -0.39 is 16.6 Å². The molecule has 0 atom stereocenters. The van der Waals surface area contributed by atoms with Gasteiger partial charge in [0.15, 0.2) is 0 Å². The van der Waals surface area contributed by atoms with Crippen LogP contribution in [0.15, 0.2) is 12.3 Å². The molecule has 104 valence electrons. The number of thioether (sulfide) groups is 1. The molecule has 0 unspecified atom stereocenters. The van der Waals surface area contributed by atoms with E-state index in [9.17, 15) is 14.9 Å². The van der Waals surface area contributed by atoms with Crippen LogP contribution in [0.5, 0.6) is 0 Å². The van der Waals surface area contributed by atoms with Crippen LogP contribution in [0.1, 0.15) is 16.8 Å². The van der Waals surface area contributed by atoms with Gasteiger partial charge in [-0.1, -0.05) is 0 Å². The first kappa shape index (κ1) is 15.2. The molecule has 1 rings (SSSR count). The van der Waals surface area contributed by atoms with Crippen molar-refractivity contribution >= 4 is 29.2 Å². The average molecular weight is 285 g/mol. The molecule has 0 spiro atoms. The van der Waals surface area contributed by atoms with Crippen LogP contribution in [0, 0.1) is 10.1 Å². The topological polar surface area (TPSA) is 96.6 Å². The summed E-state index contributed by atoms with van der Waals surface area (Å²) in [6.07, 6.45) is 3.93. The molecular weight excluding hydrogens is 270 g/mol.